The Morgan fingerprint density at radius 2 is 2.09 bits per heavy atom. The lowest BCUT2D eigenvalue weighted by Crippen LogP contribution is -2.36. The average Bonchev–Trinajstić information content (AvgIpc) is 3.48. The van der Waals surface area contributed by atoms with E-state index in [1.807, 2.05) is 19.9 Å². The Kier molecular flexibility index (Phi) is 6.67. The molecule has 0 saturated heterocycles. The maximum Gasteiger partial charge on any atom is 0.270 e. The standard InChI is InChI=1S/C22H28N6O4/c1-13(2)12-27-20-16(8-9-17(29)26(4)11-5-10-23)14(3)25-28(20)22(32)18(21(27)31)19(30)24-15-6-7-15/h8-9,13,15,32H,5-7,11-12H2,1-4H3,(H,24,30). The van der Waals surface area contributed by atoms with Crippen molar-refractivity contribution in [2.24, 2.45) is 5.92 Å². The van der Waals surface area contributed by atoms with E-state index in [4.69, 9.17) is 5.26 Å². The van der Waals surface area contributed by atoms with E-state index in [-0.39, 0.29) is 29.9 Å². The van der Waals surface area contributed by atoms with Gasteiger partial charge in [-0.15, -0.1) is 0 Å². The zero-order valence-electron chi connectivity index (χ0n) is 18.8. The first-order valence-electron chi connectivity index (χ1n) is 10.6. The van der Waals surface area contributed by atoms with E-state index in [1.54, 1.807) is 20.0 Å². The Balaban J connectivity index is 2.13. The van der Waals surface area contributed by atoms with Gasteiger partial charge in [0.1, 0.15) is 5.65 Å². The second-order valence-electron chi connectivity index (χ2n) is 8.49. The van der Waals surface area contributed by atoms with Gasteiger partial charge in [0.25, 0.3) is 11.5 Å². The number of likely N-dealkylation sites (N-methyl/N-ethyl adjacent to an activating group) is 1. The van der Waals surface area contributed by atoms with Gasteiger partial charge >= 0.3 is 0 Å². The highest BCUT2D eigenvalue weighted by Gasteiger charge is 2.30. The van der Waals surface area contributed by atoms with Crippen molar-refractivity contribution in [2.75, 3.05) is 13.6 Å². The summed E-state index contributed by atoms with van der Waals surface area (Å²) in [5.74, 6) is -1.37. The fourth-order valence-corrected chi connectivity index (χ4v) is 3.39. The lowest BCUT2D eigenvalue weighted by molar-refractivity contribution is -0.124. The van der Waals surface area contributed by atoms with E-state index in [1.165, 1.54) is 20.1 Å². The summed E-state index contributed by atoms with van der Waals surface area (Å²) in [6.07, 6.45) is 4.81. The second kappa shape index (κ2) is 9.26. The first-order chi connectivity index (χ1) is 15.1. The van der Waals surface area contributed by atoms with Crippen LogP contribution in [-0.4, -0.2) is 55.6 Å². The van der Waals surface area contributed by atoms with Crippen LogP contribution in [0.25, 0.3) is 11.7 Å². The van der Waals surface area contributed by atoms with Crippen molar-refractivity contribution < 1.29 is 14.7 Å². The van der Waals surface area contributed by atoms with Crippen molar-refractivity contribution >= 4 is 23.5 Å². The number of fused-ring (bicyclic) bond motifs is 1. The summed E-state index contributed by atoms with van der Waals surface area (Å²) in [4.78, 5) is 39.7. The van der Waals surface area contributed by atoms with Gasteiger partial charge in [-0.1, -0.05) is 13.8 Å². The molecule has 2 heterocycles. The lowest BCUT2D eigenvalue weighted by atomic mass is 10.1. The normalized spacial score (nSPS) is 13.6. The number of aromatic nitrogens is 3. The molecule has 32 heavy (non-hydrogen) atoms. The summed E-state index contributed by atoms with van der Waals surface area (Å²) in [7, 11) is 1.60. The Morgan fingerprint density at radius 1 is 1.41 bits per heavy atom. The molecule has 0 radical (unpaired) electrons. The first-order valence-corrected chi connectivity index (χ1v) is 10.6. The molecule has 10 nitrogen and oxygen atoms in total. The fraction of sp³-hybridized carbons (Fsp3) is 0.500. The van der Waals surface area contributed by atoms with Crippen LogP contribution in [0.5, 0.6) is 5.88 Å². The van der Waals surface area contributed by atoms with Crippen molar-refractivity contribution in [1.29, 1.82) is 5.26 Å². The number of nitrogens with one attached hydrogen (secondary N) is 1. The number of nitriles is 1. The number of amides is 2. The number of nitrogens with zero attached hydrogens (tertiary/aromatic N) is 5. The van der Waals surface area contributed by atoms with E-state index < -0.39 is 17.3 Å². The highest BCUT2D eigenvalue weighted by Crippen LogP contribution is 2.25. The van der Waals surface area contributed by atoms with Crippen LogP contribution in [-0.2, 0) is 11.3 Å². The van der Waals surface area contributed by atoms with E-state index >= 15 is 0 Å². The van der Waals surface area contributed by atoms with Crippen molar-refractivity contribution in [3.63, 3.8) is 0 Å². The summed E-state index contributed by atoms with van der Waals surface area (Å²) in [6.45, 7) is 6.17. The quantitative estimate of drug-likeness (QED) is 0.597. The number of aromatic hydroxyl groups is 1. The molecule has 0 spiro atoms. The Labute approximate surface area is 185 Å². The Bertz CT molecular complexity index is 1180. The fourth-order valence-electron chi connectivity index (χ4n) is 3.39. The van der Waals surface area contributed by atoms with Gasteiger partial charge in [-0.25, -0.2) is 0 Å². The summed E-state index contributed by atoms with van der Waals surface area (Å²) in [6, 6.07) is 2.02. The smallest absolute Gasteiger partial charge is 0.270 e. The maximum atomic E-state index is 13.3. The third kappa shape index (κ3) is 4.66. The van der Waals surface area contributed by atoms with Crippen LogP contribution in [0.15, 0.2) is 10.9 Å². The van der Waals surface area contributed by atoms with Crippen LogP contribution in [0.3, 0.4) is 0 Å². The second-order valence-corrected chi connectivity index (χ2v) is 8.49. The summed E-state index contributed by atoms with van der Waals surface area (Å²) in [5, 5.41) is 26.6. The maximum absolute atomic E-state index is 13.3. The molecular weight excluding hydrogens is 412 g/mol. The molecule has 2 aromatic heterocycles. The number of hydrogen-bond donors (Lipinski definition) is 2. The average molecular weight is 441 g/mol. The molecule has 0 aromatic carbocycles. The highest BCUT2D eigenvalue weighted by atomic mass is 16.3. The summed E-state index contributed by atoms with van der Waals surface area (Å²) >= 11 is 0. The number of hydrogen-bond acceptors (Lipinski definition) is 6. The molecule has 1 aliphatic carbocycles. The van der Waals surface area contributed by atoms with Gasteiger partial charge in [-0.05, 0) is 31.8 Å². The van der Waals surface area contributed by atoms with Gasteiger partial charge in [-0.3, -0.25) is 19.0 Å². The molecule has 0 aliphatic heterocycles. The molecule has 2 N–H and O–H groups in total. The number of carbonyl (C=O) groups is 2. The van der Waals surface area contributed by atoms with Crippen molar-refractivity contribution in [1.82, 2.24) is 24.4 Å². The van der Waals surface area contributed by atoms with Crippen LogP contribution >= 0.6 is 0 Å². The third-order valence-electron chi connectivity index (χ3n) is 5.24. The minimum absolute atomic E-state index is 0.0254. The molecule has 1 saturated carbocycles. The van der Waals surface area contributed by atoms with Crippen LogP contribution in [0.1, 0.15) is 54.7 Å². The predicted octanol–water partition coefficient (Wildman–Crippen LogP) is 1.44. The number of rotatable bonds is 8. The van der Waals surface area contributed by atoms with Gasteiger partial charge in [0.05, 0.1) is 18.2 Å². The zero-order chi connectivity index (χ0) is 23.6. The van der Waals surface area contributed by atoms with Crippen molar-refractivity contribution in [2.45, 2.75) is 52.6 Å². The molecule has 0 unspecified atom stereocenters. The van der Waals surface area contributed by atoms with Gasteiger partial charge < -0.3 is 15.3 Å². The lowest BCUT2D eigenvalue weighted by Gasteiger charge is -2.15. The third-order valence-corrected chi connectivity index (χ3v) is 5.24. The highest BCUT2D eigenvalue weighted by molar-refractivity contribution is 5.97. The zero-order valence-corrected chi connectivity index (χ0v) is 18.8. The largest absolute Gasteiger partial charge is 0.492 e. The van der Waals surface area contributed by atoms with Crippen LogP contribution in [0.2, 0.25) is 0 Å². The predicted molar refractivity (Wildman–Crippen MR) is 118 cm³/mol. The SMILES string of the molecule is Cc1nn2c(O)c(C(=O)NC3CC3)c(=O)n(CC(C)C)c2c1C=CC(=O)N(C)CCC#N. The van der Waals surface area contributed by atoms with E-state index in [0.717, 1.165) is 12.8 Å². The monoisotopic (exact) mass is 440 g/mol. The molecule has 2 aromatic rings. The molecule has 0 bridgehead atoms. The van der Waals surface area contributed by atoms with Crippen molar-refractivity contribution in [3.05, 3.63) is 33.3 Å². The van der Waals surface area contributed by atoms with E-state index in [0.29, 0.717) is 30.0 Å². The summed E-state index contributed by atoms with van der Waals surface area (Å²) in [5.41, 5.74) is 0.351. The van der Waals surface area contributed by atoms with Gasteiger partial charge in [-0.2, -0.15) is 14.9 Å². The van der Waals surface area contributed by atoms with Gasteiger partial charge in [0.2, 0.25) is 11.8 Å². The molecule has 1 fully saturated rings. The minimum atomic E-state index is -0.617. The topological polar surface area (TPSA) is 133 Å². The molecule has 170 valence electrons. The molecule has 10 heteroatoms. The van der Waals surface area contributed by atoms with Crippen LogP contribution in [0.4, 0.5) is 0 Å². The Morgan fingerprint density at radius 3 is 2.69 bits per heavy atom. The minimum Gasteiger partial charge on any atom is -0.492 e. The molecule has 3 rings (SSSR count). The first kappa shape index (κ1) is 23.1. The number of carbonyl (C=O) groups excluding carboxylic acids is 2. The molecular formula is C22H28N6O4. The number of aryl methyl sites for hydroxylation is 1. The van der Waals surface area contributed by atoms with E-state index in [9.17, 15) is 19.5 Å². The Hall–Kier alpha value is -3.61. The van der Waals surface area contributed by atoms with Crippen molar-refractivity contribution in [3.8, 4) is 11.9 Å². The van der Waals surface area contributed by atoms with Gasteiger partial charge in [0, 0.05) is 37.8 Å². The molecule has 0 atom stereocenters. The molecule has 2 amide bonds. The van der Waals surface area contributed by atoms with Gasteiger partial charge in [0.15, 0.2) is 5.56 Å². The van der Waals surface area contributed by atoms with E-state index in [2.05, 4.69) is 10.4 Å². The summed E-state index contributed by atoms with van der Waals surface area (Å²) < 4.78 is 2.61. The van der Waals surface area contributed by atoms with Crippen LogP contribution in [0, 0.1) is 24.2 Å². The molecule has 1 aliphatic rings. The van der Waals surface area contributed by atoms with Crippen LogP contribution < -0.4 is 10.9 Å².